The number of nitrogens with zero attached hydrogens (tertiary/aromatic N) is 2. The van der Waals surface area contributed by atoms with Crippen LogP contribution in [0.4, 0.5) is 13.2 Å². The van der Waals surface area contributed by atoms with E-state index >= 15 is 0 Å². The number of alkyl halides is 3. The van der Waals surface area contributed by atoms with E-state index in [1.807, 2.05) is 0 Å². The molecule has 0 fully saturated rings. The van der Waals surface area contributed by atoms with Crippen molar-refractivity contribution >= 4 is 0 Å². The van der Waals surface area contributed by atoms with Crippen LogP contribution in [0.25, 0.3) is 0 Å². The molecular weight excluding hydrogens is 259 g/mol. The Hall–Kier alpha value is -2.02. The zero-order valence-corrected chi connectivity index (χ0v) is 10.1. The third-order valence-electron chi connectivity index (χ3n) is 2.53. The molecule has 2 rings (SSSR count). The number of nitrogens with two attached hydrogens (primary N) is 1. The van der Waals surface area contributed by atoms with Crippen molar-refractivity contribution in [1.82, 2.24) is 9.78 Å². The minimum absolute atomic E-state index is 0.235. The largest absolute Gasteiger partial charge is 0.573 e. The van der Waals surface area contributed by atoms with Crippen molar-refractivity contribution in [3.05, 3.63) is 47.8 Å². The molecule has 0 amide bonds. The molecule has 0 spiro atoms. The van der Waals surface area contributed by atoms with E-state index in [0.717, 1.165) is 0 Å². The third-order valence-corrected chi connectivity index (χ3v) is 2.53. The molecule has 2 aromatic rings. The molecule has 2 N–H and O–H groups in total. The third kappa shape index (κ3) is 3.25. The van der Waals surface area contributed by atoms with Crippen molar-refractivity contribution in [3.8, 4) is 5.75 Å². The number of rotatable bonds is 3. The van der Waals surface area contributed by atoms with Gasteiger partial charge >= 0.3 is 6.36 Å². The Morgan fingerprint density at radius 1 is 1.26 bits per heavy atom. The molecule has 1 unspecified atom stereocenters. The SMILES string of the molecule is Cn1ccc(C(N)c2ccccc2OC(F)(F)F)n1. The number of ether oxygens (including phenoxy) is 1. The quantitative estimate of drug-likeness (QED) is 0.932. The maximum atomic E-state index is 12.3. The maximum Gasteiger partial charge on any atom is 0.573 e. The first-order chi connectivity index (χ1) is 8.87. The summed E-state index contributed by atoms with van der Waals surface area (Å²) in [6.45, 7) is 0. The summed E-state index contributed by atoms with van der Waals surface area (Å²) in [4.78, 5) is 0. The van der Waals surface area contributed by atoms with Crippen LogP contribution in [0.15, 0.2) is 36.5 Å². The van der Waals surface area contributed by atoms with Gasteiger partial charge in [-0.25, -0.2) is 0 Å². The van der Waals surface area contributed by atoms with E-state index in [-0.39, 0.29) is 11.3 Å². The van der Waals surface area contributed by atoms with Crippen LogP contribution in [0.1, 0.15) is 17.3 Å². The van der Waals surface area contributed by atoms with E-state index in [9.17, 15) is 13.2 Å². The Kier molecular flexibility index (Phi) is 3.48. The van der Waals surface area contributed by atoms with E-state index in [1.54, 1.807) is 25.4 Å². The summed E-state index contributed by atoms with van der Waals surface area (Å²) in [5, 5.41) is 4.08. The summed E-state index contributed by atoms with van der Waals surface area (Å²) in [6, 6.07) is 6.64. The number of aromatic nitrogens is 2. The molecular formula is C12H12F3N3O. The second-order valence-electron chi connectivity index (χ2n) is 3.98. The van der Waals surface area contributed by atoms with Gasteiger partial charge in [-0.2, -0.15) is 5.10 Å². The van der Waals surface area contributed by atoms with E-state index in [1.165, 1.54) is 22.9 Å². The summed E-state index contributed by atoms with van der Waals surface area (Å²) in [6.07, 6.45) is -3.08. The fourth-order valence-electron chi connectivity index (χ4n) is 1.71. The molecule has 0 aliphatic carbocycles. The lowest BCUT2D eigenvalue weighted by Gasteiger charge is -2.16. The van der Waals surface area contributed by atoms with Gasteiger partial charge in [0.15, 0.2) is 0 Å². The van der Waals surface area contributed by atoms with Crippen molar-refractivity contribution in [2.45, 2.75) is 12.4 Å². The molecule has 0 aliphatic rings. The van der Waals surface area contributed by atoms with E-state index in [0.29, 0.717) is 5.69 Å². The van der Waals surface area contributed by atoms with Gasteiger partial charge in [-0.05, 0) is 12.1 Å². The Bertz CT molecular complexity index is 565. The minimum Gasteiger partial charge on any atom is -0.405 e. The molecule has 0 saturated heterocycles. The summed E-state index contributed by atoms with van der Waals surface area (Å²) in [5.74, 6) is -0.312. The normalized spacial score (nSPS) is 13.3. The minimum atomic E-state index is -4.75. The van der Waals surface area contributed by atoms with E-state index < -0.39 is 12.4 Å². The molecule has 1 aromatic heterocycles. The Morgan fingerprint density at radius 3 is 2.53 bits per heavy atom. The standard InChI is InChI=1S/C12H12F3N3O/c1-18-7-6-9(17-18)11(16)8-4-2-3-5-10(8)19-12(13,14)15/h2-7,11H,16H2,1H3. The van der Waals surface area contributed by atoms with Gasteiger partial charge in [0.2, 0.25) is 0 Å². The zero-order valence-electron chi connectivity index (χ0n) is 10.1. The lowest BCUT2D eigenvalue weighted by Crippen LogP contribution is -2.21. The predicted molar refractivity (Wildman–Crippen MR) is 62.4 cm³/mol. The predicted octanol–water partition coefficient (Wildman–Crippen LogP) is 2.37. The first-order valence-corrected chi connectivity index (χ1v) is 5.46. The van der Waals surface area contributed by atoms with Crippen molar-refractivity contribution in [3.63, 3.8) is 0 Å². The van der Waals surface area contributed by atoms with E-state index in [4.69, 9.17) is 5.73 Å². The molecule has 0 saturated carbocycles. The summed E-state index contributed by atoms with van der Waals surface area (Å²) in [5.41, 5.74) is 6.63. The molecule has 4 nitrogen and oxygen atoms in total. The highest BCUT2D eigenvalue weighted by molar-refractivity contribution is 5.39. The highest BCUT2D eigenvalue weighted by Crippen LogP contribution is 2.31. The number of halogens is 3. The van der Waals surface area contributed by atoms with Crippen LogP contribution in [0.5, 0.6) is 5.75 Å². The molecule has 0 aliphatic heterocycles. The number of benzene rings is 1. The first-order valence-electron chi connectivity index (χ1n) is 5.46. The Morgan fingerprint density at radius 2 is 1.95 bits per heavy atom. The molecule has 0 bridgehead atoms. The average molecular weight is 271 g/mol. The molecule has 1 atom stereocenters. The molecule has 0 radical (unpaired) electrons. The van der Waals surface area contributed by atoms with Crippen LogP contribution < -0.4 is 10.5 Å². The zero-order chi connectivity index (χ0) is 14.0. The van der Waals surface area contributed by atoms with Crippen molar-refractivity contribution in [2.75, 3.05) is 0 Å². The maximum absolute atomic E-state index is 12.3. The summed E-state index contributed by atoms with van der Waals surface area (Å²) in [7, 11) is 1.70. The number of hydrogen-bond acceptors (Lipinski definition) is 3. The lowest BCUT2D eigenvalue weighted by atomic mass is 10.0. The van der Waals surface area contributed by atoms with Crippen LogP contribution >= 0.6 is 0 Å². The van der Waals surface area contributed by atoms with Gasteiger partial charge in [0.05, 0.1) is 11.7 Å². The van der Waals surface area contributed by atoms with Crippen molar-refractivity contribution in [1.29, 1.82) is 0 Å². The summed E-state index contributed by atoms with van der Waals surface area (Å²) < 4.78 is 42.4. The Balaban J connectivity index is 2.34. The molecule has 7 heteroatoms. The van der Waals surface area contributed by atoms with Crippen LogP contribution in [0.2, 0.25) is 0 Å². The topological polar surface area (TPSA) is 53.1 Å². The fraction of sp³-hybridized carbons (Fsp3) is 0.250. The van der Waals surface area contributed by atoms with E-state index in [2.05, 4.69) is 9.84 Å². The Labute approximate surface area is 107 Å². The lowest BCUT2D eigenvalue weighted by molar-refractivity contribution is -0.274. The van der Waals surface area contributed by atoms with Crippen LogP contribution in [-0.4, -0.2) is 16.1 Å². The summed E-state index contributed by atoms with van der Waals surface area (Å²) >= 11 is 0. The van der Waals surface area contributed by atoms with Gasteiger partial charge in [-0.1, -0.05) is 18.2 Å². The molecule has 102 valence electrons. The highest BCUT2D eigenvalue weighted by Gasteiger charge is 2.32. The average Bonchev–Trinajstić information content (AvgIpc) is 2.74. The van der Waals surface area contributed by atoms with Crippen LogP contribution in [0.3, 0.4) is 0 Å². The molecule has 1 aromatic carbocycles. The van der Waals surface area contributed by atoms with Gasteiger partial charge in [-0.15, -0.1) is 13.2 Å². The van der Waals surface area contributed by atoms with Crippen molar-refractivity contribution in [2.24, 2.45) is 12.8 Å². The van der Waals surface area contributed by atoms with Crippen LogP contribution in [-0.2, 0) is 7.05 Å². The second-order valence-corrected chi connectivity index (χ2v) is 3.98. The smallest absolute Gasteiger partial charge is 0.405 e. The highest BCUT2D eigenvalue weighted by atomic mass is 19.4. The second kappa shape index (κ2) is 4.93. The molecule has 19 heavy (non-hydrogen) atoms. The monoisotopic (exact) mass is 271 g/mol. The van der Waals surface area contributed by atoms with Gasteiger partial charge < -0.3 is 10.5 Å². The molecule has 1 heterocycles. The van der Waals surface area contributed by atoms with Gasteiger partial charge in [0.25, 0.3) is 0 Å². The van der Waals surface area contributed by atoms with Crippen LogP contribution in [0, 0.1) is 0 Å². The first kappa shape index (κ1) is 13.4. The van der Waals surface area contributed by atoms with Gasteiger partial charge in [-0.3, -0.25) is 4.68 Å². The number of aryl methyl sites for hydroxylation is 1. The number of para-hydroxylation sites is 1. The van der Waals surface area contributed by atoms with Crippen molar-refractivity contribution < 1.29 is 17.9 Å². The number of hydrogen-bond donors (Lipinski definition) is 1. The van der Waals surface area contributed by atoms with Gasteiger partial charge in [0, 0.05) is 18.8 Å². The fourth-order valence-corrected chi connectivity index (χ4v) is 1.71. The van der Waals surface area contributed by atoms with Gasteiger partial charge in [0.1, 0.15) is 5.75 Å².